The first-order valence-corrected chi connectivity index (χ1v) is 40.7. The molecule has 0 N–H and O–H groups in total. The molecule has 0 bridgehead atoms. The predicted octanol–water partition coefficient (Wildman–Crippen LogP) is 25.2. The molecule has 0 radical (unpaired) electrons. The van der Waals surface area contributed by atoms with Gasteiger partial charge in [-0.3, -0.25) is 14.2 Å². The van der Waals surface area contributed by atoms with Crippen LogP contribution >= 0.6 is 7.82 Å². The highest BCUT2D eigenvalue weighted by Crippen LogP contribution is 2.38. The molecule has 0 saturated heterocycles. The van der Waals surface area contributed by atoms with Crippen LogP contribution < -0.4 is 4.89 Å². The zero-order valence-electron chi connectivity index (χ0n) is 60.2. The smallest absolute Gasteiger partial charge is 0.306 e. The summed E-state index contributed by atoms with van der Waals surface area (Å²) in [6.07, 6.45) is 91.2. The van der Waals surface area contributed by atoms with E-state index in [2.05, 4.69) is 50.3 Å². The lowest BCUT2D eigenvalue weighted by atomic mass is 10.0. The molecule has 9 nitrogen and oxygen atoms in total. The van der Waals surface area contributed by atoms with E-state index in [1.807, 2.05) is 21.1 Å². The number of likely N-dealkylation sites (N-methyl/N-ethyl adjacent to an activating group) is 1. The molecule has 0 aromatic rings. The van der Waals surface area contributed by atoms with Gasteiger partial charge in [-0.15, -0.1) is 0 Å². The molecule has 526 valence electrons. The Labute approximate surface area is 554 Å². The molecule has 0 amide bonds. The first kappa shape index (κ1) is 87.2. The number of unbranched alkanes of at least 4 members (excludes halogenated alkanes) is 54. The highest BCUT2D eigenvalue weighted by molar-refractivity contribution is 7.45. The fourth-order valence-corrected chi connectivity index (χ4v) is 12.6. The van der Waals surface area contributed by atoms with E-state index < -0.39 is 26.5 Å². The summed E-state index contributed by atoms with van der Waals surface area (Å²) in [5.41, 5.74) is 0. The van der Waals surface area contributed by atoms with Crippen LogP contribution in [0.5, 0.6) is 0 Å². The second-order valence-electron chi connectivity index (χ2n) is 28.1. The molecule has 0 aliphatic heterocycles. The molecule has 0 aliphatic rings. The molecule has 0 heterocycles. The summed E-state index contributed by atoms with van der Waals surface area (Å²) in [7, 11) is 1.19. The zero-order chi connectivity index (χ0) is 64.8. The molecule has 0 aliphatic carbocycles. The van der Waals surface area contributed by atoms with Gasteiger partial charge in [0.1, 0.15) is 19.8 Å². The number of ether oxygens (including phenoxy) is 2. The highest BCUT2D eigenvalue weighted by Gasteiger charge is 2.22. The normalized spacial score (nSPS) is 13.2. The molecule has 0 aromatic heterocycles. The van der Waals surface area contributed by atoms with Crippen LogP contribution in [0.25, 0.3) is 0 Å². The fraction of sp³-hybridized carbons (Fsp3) is 0.899. The Hall–Kier alpha value is -1.77. The number of carbonyl (C=O) groups excluding carboxylic acids is 2. The average Bonchev–Trinajstić information content (AvgIpc) is 3.60. The minimum atomic E-state index is -4.64. The van der Waals surface area contributed by atoms with Crippen LogP contribution in [0.2, 0.25) is 0 Å². The Morgan fingerprint density at radius 3 is 0.899 bits per heavy atom. The molecule has 2 unspecified atom stereocenters. The van der Waals surface area contributed by atoms with Crippen LogP contribution in [0.4, 0.5) is 0 Å². The number of hydrogen-bond donors (Lipinski definition) is 0. The van der Waals surface area contributed by atoms with Crippen LogP contribution in [0.3, 0.4) is 0 Å². The van der Waals surface area contributed by atoms with E-state index in [4.69, 9.17) is 18.5 Å². The number of rotatable bonds is 74. The number of nitrogens with zero attached hydrogens (tertiary/aromatic N) is 1. The third kappa shape index (κ3) is 75.1. The van der Waals surface area contributed by atoms with E-state index in [-0.39, 0.29) is 32.0 Å². The van der Waals surface area contributed by atoms with E-state index in [0.29, 0.717) is 17.4 Å². The van der Waals surface area contributed by atoms with Gasteiger partial charge >= 0.3 is 11.9 Å². The molecule has 0 saturated carbocycles. The van der Waals surface area contributed by atoms with Crippen molar-refractivity contribution in [3.05, 3.63) is 36.5 Å². The Bertz CT molecular complexity index is 1590. The molecule has 0 fully saturated rings. The number of allylic oxidation sites excluding steroid dienone is 6. The van der Waals surface area contributed by atoms with Crippen LogP contribution in [-0.2, 0) is 32.7 Å². The number of phosphoric acid groups is 1. The van der Waals surface area contributed by atoms with Crippen molar-refractivity contribution in [1.29, 1.82) is 0 Å². The molecular weight excluding hydrogens is 1120 g/mol. The van der Waals surface area contributed by atoms with Gasteiger partial charge in [0.15, 0.2) is 6.10 Å². The maximum absolute atomic E-state index is 12.9. The minimum Gasteiger partial charge on any atom is -0.756 e. The summed E-state index contributed by atoms with van der Waals surface area (Å²) in [6, 6.07) is 0. The van der Waals surface area contributed by atoms with Crippen molar-refractivity contribution in [2.45, 2.75) is 412 Å². The van der Waals surface area contributed by atoms with Crippen molar-refractivity contribution < 1.29 is 42.1 Å². The van der Waals surface area contributed by atoms with E-state index in [1.165, 1.54) is 327 Å². The summed E-state index contributed by atoms with van der Waals surface area (Å²) in [5.74, 6) is -0.806. The van der Waals surface area contributed by atoms with Crippen LogP contribution in [0, 0.1) is 0 Å². The third-order valence-corrected chi connectivity index (χ3v) is 18.9. The van der Waals surface area contributed by atoms with Crippen LogP contribution in [0.1, 0.15) is 406 Å². The van der Waals surface area contributed by atoms with Crippen molar-refractivity contribution in [1.82, 2.24) is 0 Å². The van der Waals surface area contributed by atoms with Crippen molar-refractivity contribution in [2.75, 3.05) is 47.5 Å². The maximum atomic E-state index is 12.9. The van der Waals surface area contributed by atoms with E-state index in [0.717, 1.165) is 44.9 Å². The monoisotopic (exact) mass is 1270 g/mol. The Morgan fingerprint density at radius 1 is 0.348 bits per heavy atom. The molecule has 2 atom stereocenters. The van der Waals surface area contributed by atoms with Crippen molar-refractivity contribution >= 4 is 19.8 Å². The van der Waals surface area contributed by atoms with Gasteiger partial charge in [0.2, 0.25) is 0 Å². The van der Waals surface area contributed by atoms with E-state index in [9.17, 15) is 19.0 Å². The minimum absolute atomic E-state index is 0.0267. The van der Waals surface area contributed by atoms with Crippen LogP contribution in [0.15, 0.2) is 36.5 Å². The van der Waals surface area contributed by atoms with Gasteiger partial charge < -0.3 is 27.9 Å². The maximum Gasteiger partial charge on any atom is 0.306 e. The Morgan fingerprint density at radius 2 is 0.607 bits per heavy atom. The van der Waals surface area contributed by atoms with Crippen molar-refractivity contribution in [2.24, 2.45) is 0 Å². The Kier molecular flexibility index (Phi) is 69.1. The van der Waals surface area contributed by atoms with E-state index in [1.54, 1.807) is 0 Å². The number of hydrogen-bond acceptors (Lipinski definition) is 8. The number of carbonyl (C=O) groups is 2. The first-order valence-electron chi connectivity index (χ1n) is 39.2. The van der Waals surface area contributed by atoms with Gasteiger partial charge in [-0.2, -0.15) is 0 Å². The lowest BCUT2D eigenvalue weighted by Crippen LogP contribution is -2.37. The SMILES string of the molecule is CCCCCCC/C=C\C/C=C\C/C=C\CCCCCCCCCCCCCCCCCCCCCCCCCCC(=O)OC(COC(=O)CCCCCCCCCCCCCCCCCCCCCCCCCCCC)COP(=O)([O-])OCC[N+](C)(C)C. The fourth-order valence-electron chi connectivity index (χ4n) is 11.9. The summed E-state index contributed by atoms with van der Waals surface area (Å²) >= 11 is 0. The lowest BCUT2D eigenvalue weighted by Gasteiger charge is -2.28. The second-order valence-corrected chi connectivity index (χ2v) is 29.5. The number of phosphoric ester groups is 1. The molecule has 0 aromatic carbocycles. The van der Waals surface area contributed by atoms with Crippen molar-refractivity contribution in [3.8, 4) is 0 Å². The second kappa shape index (κ2) is 70.5. The third-order valence-electron chi connectivity index (χ3n) is 17.9. The standard InChI is InChI=1S/C79H152NO8P/c1-6-8-10-12-14-16-18-20-22-24-26-28-30-32-34-35-36-37-38-39-40-41-42-43-44-45-46-48-50-52-54-56-58-60-62-64-66-68-70-72-79(82)88-77(76-87-89(83,84)86-74-73-80(3,4)5)75-85-78(81)71-69-67-65-63-61-59-57-55-53-51-49-47-33-31-29-27-25-23-21-19-17-15-13-11-9-7-2/h18,20,24,26,30,32,77H,6-17,19,21-23,25,27-29,31,33-76H2,1-5H3/b20-18-,26-24-,32-30-. The largest absolute Gasteiger partial charge is 0.756 e. The summed E-state index contributed by atoms with van der Waals surface area (Å²) in [6.45, 7) is 4.31. The summed E-state index contributed by atoms with van der Waals surface area (Å²) in [5, 5.41) is 0. The topological polar surface area (TPSA) is 111 Å². The molecule has 0 rings (SSSR count). The highest BCUT2D eigenvalue weighted by atomic mass is 31.2. The van der Waals surface area contributed by atoms with Gasteiger partial charge in [0.05, 0.1) is 27.7 Å². The quantitative estimate of drug-likeness (QED) is 0.0195. The molecule has 0 spiro atoms. The summed E-state index contributed by atoms with van der Waals surface area (Å²) < 4.78 is 34.4. The van der Waals surface area contributed by atoms with Gasteiger partial charge in [0.25, 0.3) is 7.82 Å². The zero-order valence-corrected chi connectivity index (χ0v) is 61.1. The van der Waals surface area contributed by atoms with Crippen LogP contribution in [-0.4, -0.2) is 70.0 Å². The van der Waals surface area contributed by atoms with Crippen molar-refractivity contribution in [3.63, 3.8) is 0 Å². The van der Waals surface area contributed by atoms with E-state index >= 15 is 0 Å². The first-order chi connectivity index (χ1) is 43.5. The number of esters is 2. The predicted molar refractivity (Wildman–Crippen MR) is 384 cm³/mol. The molecular formula is C79H152NO8P. The molecule has 10 heteroatoms. The van der Waals surface area contributed by atoms with Gasteiger partial charge in [-0.05, 0) is 51.4 Å². The average molecular weight is 1280 g/mol. The van der Waals surface area contributed by atoms with Gasteiger partial charge in [0, 0.05) is 12.8 Å². The number of quaternary nitrogens is 1. The lowest BCUT2D eigenvalue weighted by molar-refractivity contribution is -0.870. The van der Waals surface area contributed by atoms with Gasteiger partial charge in [-0.1, -0.05) is 378 Å². The van der Waals surface area contributed by atoms with Gasteiger partial charge in [-0.25, -0.2) is 0 Å². The summed E-state index contributed by atoms with van der Waals surface area (Å²) in [4.78, 5) is 38.1. The Balaban J connectivity index is 3.90. The molecule has 89 heavy (non-hydrogen) atoms.